The van der Waals surface area contributed by atoms with Gasteiger partial charge >= 0.3 is 5.97 Å². The zero-order chi connectivity index (χ0) is 9.30. The number of alkyl halides is 3. The molecule has 1 rings (SSSR count). The van der Waals surface area contributed by atoms with Crippen molar-refractivity contribution in [2.24, 2.45) is 5.92 Å². The maximum atomic E-state index is 11.1. The summed E-state index contributed by atoms with van der Waals surface area (Å²) in [6, 6.07) is 0. The topological polar surface area (TPSA) is 26.3 Å². The van der Waals surface area contributed by atoms with Gasteiger partial charge in [0.05, 0.1) is 0 Å². The molecule has 12 heavy (non-hydrogen) atoms. The monoisotopic (exact) mass is 506 g/mol. The molecule has 1 aliphatic heterocycles. The van der Waals surface area contributed by atoms with Crippen molar-refractivity contribution in [1.29, 1.82) is 0 Å². The highest BCUT2D eigenvalue weighted by atomic mass is 127. The SMILES string of the molecule is CC(I)CC1C(I)OC(=O)C1I. The molecule has 5 heteroatoms. The molecule has 0 N–H and O–H groups in total. The molecule has 0 amide bonds. The molecule has 4 atom stereocenters. The number of halogens is 3. The normalized spacial score (nSPS) is 38.0. The second-order valence-corrected chi connectivity index (χ2v) is 7.57. The van der Waals surface area contributed by atoms with Crippen LogP contribution in [-0.4, -0.2) is 17.9 Å². The first-order chi connectivity index (χ1) is 5.52. The van der Waals surface area contributed by atoms with Crippen LogP contribution in [0.4, 0.5) is 0 Å². The highest BCUT2D eigenvalue weighted by Gasteiger charge is 2.41. The Hall–Kier alpha value is 1.66. The Morgan fingerprint density at radius 3 is 2.50 bits per heavy atom. The molecule has 4 unspecified atom stereocenters. The molecule has 1 fully saturated rings. The molecule has 0 aromatic carbocycles. The molecule has 1 heterocycles. The van der Waals surface area contributed by atoms with Gasteiger partial charge in [0.15, 0.2) is 4.11 Å². The number of hydrogen-bond donors (Lipinski definition) is 0. The fraction of sp³-hybridized carbons (Fsp3) is 0.857. The number of rotatable bonds is 2. The Bertz CT molecular complexity index is 183. The second kappa shape index (κ2) is 4.94. The second-order valence-electron chi connectivity index (χ2n) is 2.87. The summed E-state index contributed by atoms with van der Waals surface area (Å²) in [6.45, 7) is 2.16. The van der Waals surface area contributed by atoms with E-state index in [1.54, 1.807) is 0 Å². The zero-order valence-corrected chi connectivity index (χ0v) is 12.9. The van der Waals surface area contributed by atoms with E-state index < -0.39 is 0 Å². The summed E-state index contributed by atoms with van der Waals surface area (Å²) in [4.78, 5) is 11.1. The summed E-state index contributed by atoms with van der Waals surface area (Å²) >= 11 is 6.78. The molecule has 0 aromatic rings. The number of esters is 1. The van der Waals surface area contributed by atoms with Crippen LogP contribution in [0.25, 0.3) is 0 Å². The van der Waals surface area contributed by atoms with Gasteiger partial charge in [0, 0.05) is 9.84 Å². The van der Waals surface area contributed by atoms with Gasteiger partial charge in [-0.2, -0.15) is 0 Å². The fourth-order valence-electron chi connectivity index (χ4n) is 1.17. The van der Waals surface area contributed by atoms with Crippen molar-refractivity contribution in [3.63, 3.8) is 0 Å². The first-order valence-electron chi connectivity index (χ1n) is 3.65. The highest BCUT2D eigenvalue weighted by Crippen LogP contribution is 2.36. The van der Waals surface area contributed by atoms with Crippen molar-refractivity contribution < 1.29 is 9.53 Å². The van der Waals surface area contributed by atoms with Crippen molar-refractivity contribution in [3.8, 4) is 0 Å². The van der Waals surface area contributed by atoms with E-state index in [-0.39, 0.29) is 14.0 Å². The van der Waals surface area contributed by atoms with Gasteiger partial charge in [-0.1, -0.05) is 52.1 Å². The van der Waals surface area contributed by atoms with Crippen molar-refractivity contribution in [1.82, 2.24) is 0 Å². The molecule has 0 aliphatic carbocycles. The molecule has 0 spiro atoms. The minimum atomic E-state index is -0.0444. The quantitative estimate of drug-likeness (QED) is 0.328. The Morgan fingerprint density at radius 1 is 1.58 bits per heavy atom. The van der Waals surface area contributed by atoms with Gasteiger partial charge in [-0.05, 0) is 29.0 Å². The number of cyclic esters (lactones) is 1. The standard InChI is InChI=1S/C7H9I3O2/c1-3(8)2-4-5(9)7(11)12-6(4)10/h3-6H,2H2,1H3. The van der Waals surface area contributed by atoms with Crippen LogP contribution in [0.3, 0.4) is 0 Å². The molecule has 1 saturated heterocycles. The van der Waals surface area contributed by atoms with Crippen molar-refractivity contribution in [2.45, 2.75) is 25.3 Å². The van der Waals surface area contributed by atoms with Gasteiger partial charge < -0.3 is 4.74 Å². The predicted octanol–water partition coefficient (Wildman–Crippen LogP) is 2.94. The fourth-order valence-corrected chi connectivity index (χ4v) is 4.33. The van der Waals surface area contributed by atoms with E-state index in [9.17, 15) is 4.79 Å². The molecule has 2 nitrogen and oxygen atoms in total. The third kappa shape index (κ3) is 2.82. The van der Waals surface area contributed by atoms with E-state index in [1.807, 2.05) is 0 Å². The Balaban J connectivity index is 2.57. The lowest BCUT2D eigenvalue weighted by molar-refractivity contribution is -0.137. The number of carbonyl (C=O) groups is 1. The molecule has 0 radical (unpaired) electrons. The van der Waals surface area contributed by atoms with Crippen LogP contribution in [0.1, 0.15) is 13.3 Å². The third-order valence-electron chi connectivity index (χ3n) is 1.76. The van der Waals surface area contributed by atoms with E-state index in [4.69, 9.17) is 4.74 Å². The van der Waals surface area contributed by atoms with Crippen LogP contribution < -0.4 is 0 Å². The summed E-state index contributed by atoms with van der Waals surface area (Å²) in [5, 5.41) is 0. The van der Waals surface area contributed by atoms with Crippen LogP contribution in [0.15, 0.2) is 0 Å². The van der Waals surface area contributed by atoms with Crippen LogP contribution in [-0.2, 0) is 9.53 Å². The lowest BCUT2D eigenvalue weighted by atomic mass is 10.0. The number of carbonyl (C=O) groups excluding carboxylic acids is 1. The summed E-state index contributed by atoms with van der Waals surface area (Å²) in [5.41, 5.74) is 0. The summed E-state index contributed by atoms with van der Waals surface area (Å²) in [7, 11) is 0. The Morgan fingerprint density at radius 2 is 2.17 bits per heavy atom. The average molecular weight is 506 g/mol. The van der Waals surface area contributed by atoms with E-state index in [0.717, 1.165) is 6.42 Å². The maximum absolute atomic E-state index is 11.1. The molecular formula is C7H9I3O2. The van der Waals surface area contributed by atoms with Crippen LogP contribution in [0, 0.1) is 5.92 Å². The molecule has 0 aromatic heterocycles. The number of hydrogen-bond acceptors (Lipinski definition) is 2. The molecule has 70 valence electrons. The highest BCUT2D eigenvalue weighted by molar-refractivity contribution is 14.1. The molecular weight excluding hydrogens is 497 g/mol. The summed E-state index contributed by atoms with van der Waals surface area (Å²) in [6.07, 6.45) is 1.06. The van der Waals surface area contributed by atoms with Gasteiger partial charge in [0.1, 0.15) is 3.92 Å². The predicted molar refractivity (Wildman–Crippen MR) is 73.3 cm³/mol. The molecule has 0 bridgehead atoms. The summed E-state index contributed by atoms with van der Waals surface area (Å²) in [5.74, 6) is 0.350. The minimum Gasteiger partial charge on any atom is -0.451 e. The van der Waals surface area contributed by atoms with Gasteiger partial charge in [0.25, 0.3) is 0 Å². The average Bonchev–Trinajstić information content (AvgIpc) is 2.16. The Labute approximate surface area is 113 Å². The van der Waals surface area contributed by atoms with Crippen molar-refractivity contribution in [2.75, 3.05) is 0 Å². The van der Waals surface area contributed by atoms with E-state index in [2.05, 4.69) is 74.7 Å². The van der Waals surface area contributed by atoms with Crippen LogP contribution in [0.5, 0.6) is 0 Å². The van der Waals surface area contributed by atoms with Gasteiger partial charge in [0.2, 0.25) is 0 Å². The lowest BCUT2D eigenvalue weighted by Crippen LogP contribution is -2.19. The molecule has 1 aliphatic rings. The minimum absolute atomic E-state index is 0.0444. The lowest BCUT2D eigenvalue weighted by Gasteiger charge is -2.14. The number of ether oxygens (including phenoxy) is 1. The van der Waals surface area contributed by atoms with E-state index >= 15 is 0 Å². The maximum Gasteiger partial charge on any atom is 0.320 e. The van der Waals surface area contributed by atoms with Crippen molar-refractivity contribution in [3.05, 3.63) is 0 Å². The smallest absolute Gasteiger partial charge is 0.320 e. The Kier molecular flexibility index (Phi) is 4.83. The van der Waals surface area contributed by atoms with Gasteiger partial charge in [-0.15, -0.1) is 0 Å². The molecule has 0 saturated carbocycles. The van der Waals surface area contributed by atoms with Crippen LogP contribution in [0.2, 0.25) is 0 Å². The largest absolute Gasteiger partial charge is 0.451 e. The van der Waals surface area contributed by atoms with E-state index in [1.165, 1.54) is 0 Å². The van der Waals surface area contributed by atoms with Crippen molar-refractivity contribution >= 4 is 73.7 Å². The first kappa shape index (κ1) is 11.7. The van der Waals surface area contributed by atoms with Gasteiger partial charge in [-0.25, -0.2) is 0 Å². The van der Waals surface area contributed by atoms with Gasteiger partial charge in [-0.3, -0.25) is 4.79 Å². The third-order valence-corrected chi connectivity index (χ3v) is 4.88. The zero-order valence-electron chi connectivity index (χ0n) is 6.47. The van der Waals surface area contributed by atoms with Crippen LogP contribution >= 0.6 is 67.8 Å². The van der Waals surface area contributed by atoms with E-state index in [0.29, 0.717) is 9.84 Å². The first-order valence-corrected chi connectivity index (χ1v) is 7.38. The summed E-state index contributed by atoms with van der Waals surface area (Å²) < 4.78 is 5.87.